The van der Waals surface area contributed by atoms with Crippen LogP contribution < -0.4 is 5.73 Å². The number of rotatable bonds is 2. The Morgan fingerprint density at radius 2 is 1.89 bits per heavy atom. The fourth-order valence-electron chi connectivity index (χ4n) is 2.16. The lowest BCUT2D eigenvalue weighted by atomic mass is 10.1. The minimum absolute atomic E-state index is 0.472. The first kappa shape index (κ1) is 11.6. The summed E-state index contributed by atoms with van der Waals surface area (Å²) in [5.41, 5.74) is 9.86. The third-order valence-electron chi connectivity index (χ3n) is 3.18. The van der Waals surface area contributed by atoms with Gasteiger partial charge in [-0.2, -0.15) is 5.10 Å². The molecule has 19 heavy (non-hydrogen) atoms. The monoisotopic (exact) mass is 253 g/mol. The molecule has 3 rings (SSSR count). The molecule has 0 aliphatic carbocycles. The third-order valence-corrected chi connectivity index (χ3v) is 3.18. The first-order valence-corrected chi connectivity index (χ1v) is 6.24. The highest BCUT2D eigenvalue weighted by Gasteiger charge is 2.15. The summed E-state index contributed by atoms with van der Waals surface area (Å²) >= 11 is 0. The predicted molar refractivity (Wildman–Crippen MR) is 75.6 cm³/mol. The van der Waals surface area contributed by atoms with Crippen LogP contribution in [0.3, 0.4) is 0 Å². The summed E-state index contributed by atoms with van der Waals surface area (Å²) in [7, 11) is 0. The molecular weight excluding hydrogens is 238 g/mol. The highest BCUT2D eigenvalue weighted by molar-refractivity contribution is 5.98. The van der Waals surface area contributed by atoms with Crippen molar-refractivity contribution < 1.29 is 0 Å². The molecule has 0 spiro atoms. The standard InChI is InChI=1S/C14H15N5/c1-3-19-14-11(13(15)16-8-17-14)12(18-19)10-6-4-9(2)5-7-10/h4-8H,3H2,1-2H3,(H2,15,16,17). The molecule has 3 aromatic rings. The van der Waals surface area contributed by atoms with Crippen LogP contribution in [0.5, 0.6) is 0 Å². The van der Waals surface area contributed by atoms with E-state index in [4.69, 9.17) is 5.73 Å². The van der Waals surface area contributed by atoms with E-state index < -0.39 is 0 Å². The molecule has 0 aliphatic rings. The molecule has 0 fully saturated rings. The van der Waals surface area contributed by atoms with Crippen LogP contribution in [0.1, 0.15) is 12.5 Å². The third kappa shape index (κ3) is 1.83. The summed E-state index contributed by atoms with van der Waals surface area (Å²) in [5, 5.41) is 5.43. The molecule has 1 aromatic carbocycles. The van der Waals surface area contributed by atoms with E-state index in [2.05, 4.69) is 34.1 Å². The van der Waals surface area contributed by atoms with Gasteiger partial charge < -0.3 is 5.73 Å². The number of benzene rings is 1. The summed E-state index contributed by atoms with van der Waals surface area (Å²) in [6, 6.07) is 8.21. The first-order valence-electron chi connectivity index (χ1n) is 6.24. The van der Waals surface area contributed by atoms with E-state index in [9.17, 15) is 0 Å². The largest absolute Gasteiger partial charge is 0.383 e. The number of hydrogen-bond donors (Lipinski definition) is 1. The Morgan fingerprint density at radius 1 is 1.16 bits per heavy atom. The van der Waals surface area contributed by atoms with E-state index >= 15 is 0 Å². The average Bonchev–Trinajstić information content (AvgIpc) is 2.80. The van der Waals surface area contributed by atoms with E-state index in [0.29, 0.717) is 5.82 Å². The molecule has 0 unspecified atom stereocenters. The molecule has 0 amide bonds. The van der Waals surface area contributed by atoms with Crippen molar-refractivity contribution in [3.63, 3.8) is 0 Å². The van der Waals surface area contributed by atoms with Crippen LogP contribution in [-0.4, -0.2) is 19.7 Å². The minimum Gasteiger partial charge on any atom is -0.383 e. The zero-order valence-corrected chi connectivity index (χ0v) is 11.0. The van der Waals surface area contributed by atoms with Crippen molar-refractivity contribution in [2.24, 2.45) is 0 Å². The first-order chi connectivity index (χ1) is 9.20. The van der Waals surface area contributed by atoms with E-state index in [1.165, 1.54) is 11.9 Å². The van der Waals surface area contributed by atoms with Gasteiger partial charge in [0.05, 0.1) is 5.39 Å². The lowest BCUT2D eigenvalue weighted by Crippen LogP contribution is -1.98. The van der Waals surface area contributed by atoms with Crippen LogP contribution in [-0.2, 0) is 6.54 Å². The number of nitrogens with zero attached hydrogens (tertiary/aromatic N) is 4. The Hall–Kier alpha value is -2.43. The van der Waals surface area contributed by atoms with Crippen molar-refractivity contribution in [2.45, 2.75) is 20.4 Å². The Bertz CT molecular complexity index is 727. The SMILES string of the molecule is CCn1nc(-c2ccc(C)cc2)c2c(N)ncnc21. The predicted octanol–water partition coefficient (Wildman–Crippen LogP) is 2.40. The molecule has 0 radical (unpaired) electrons. The topological polar surface area (TPSA) is 69.6 Å². The summed E-state index contributed by atoms with van der Waals surface area (Å²) < 4.78 is 1.85. The van der Waals surface area contributed by atoms with E-state index in [0.717, 1.165) is 28.8 Å². The lowest BCUT2D eigenvalue weighted by Gasteiger charge is -1.99. The van der Waals surface area contributed by atoms with Gasteiger partial charge in [0.25, 0.3) is 0 Å². The van der Waals surface area contributed by atoms with E-state index in [1.54, 1.807) is 0 Å². The maximum atomic E-state index is 5.99. The molecule has 0 bridgehead atoms. The molecule has 2 heterocycles. The van der Waals surface area contributed by atoms with Crippen molar-refractivity contribution in [1.82, 2.24) is 19.7 Å². The van der Waals surface area contributed by atoms with Gasteiger partial charge in [-0.25, -0.2) is 14.6 Å². The molecule has 0 saturated heterocycles. The number of fused-ring (bicyclic) bond motifs is 1. The number of hydrogen-bond acceptors (Lipinski definition) is 4. The molecule has 0 atom stereocenters. The lowest BCUT2D eigenvalue weighted by molar-refractivity contribution is 0.679. The van der Waals surface area contributed by atoms with Crippen molar-refractivity contribution >= 4 is 16.9 Å². The Morgan fingerprint density at radius 3 is 2.58 bits per heavy atom. The summed E-state index contributed by atoms with van der Waals surface area (Å²) in [6.07, 6.45) is 1.48. The summed E-state index contributed by atoms with van der Waals surface area (Å²) in [5.74, 6) is 0.472. The Labute approximate surface area is 111 Å². The van der Waals surface area contributed by atoms with Crippen molar-refractivity contribution in [2.75, 3.05) is 5.73 Å². The molecule has 2 N–H and O–H groups in total. The maximum Gasteiger partial charge on any atom is 0.163 e. The van der Waals surface area contributed by atoms with Crippen LogP contribution in [0.25, 0.3) is 22.3 Å². The molecule has 96 valence electrons. The van der Waals surface area contributed by atoms with Gasteiger partial charge in [0, 0.05) is 12.1 Å². The second kappa shape index (κ2) is 4.35. The van der Waals surface area contributed by atoms with Crippen LogP contribution in [0.4, 0.5) is 5.82 Å². The number of nitrogens with two attached hydrogens (primary N) is 1. The second-order valence-corrected chi connectivity index (χ2v) is 4.49. The highest BCUT2D eigenvalue weighted by Crippen LogP contribution is 2.29. The van der Waals surface area contributed by atoms with Gasteiger partial charge >= 0.3 is 0 Å². The molecule has 5 nitrogen and oxygen atoms in total. The Balaban J connectivity index is 2.32. The van der Waals surface area contributed by atoms with Crippen molar-refractivity contribution in [3.05, 3.63) is 36.2 Å². The molecule has 2 aromatic heterocycles. The fraction of sp³-hybridized carbons (Fsp3) is 0.214. The van der Waals surface area contributed by atoms with Gasteiger partial charge in [-0.05, 0) is 13.8 Å². The van der Waals surface area contributed by atoms with E-state index in [-0.39, 0.29) is 0 Å². The van der Waals surface area contributed by atoms with Gasteiger partial charge in [-0.3, -0.25) is 0 Å². The van der Waals surface area contributed by atoms with Crippen LogP contribution >= 0.6 is 0 Å². The van der Waals surface area contributed by atoms with Crippen molar-refractivity contribution in [1.29, 1.82) is 0 Å². The summed E-state index contributed by atoms with van der Waals surface area (Å²) in [4.78, 5) is 8.36. The van der Waals surface area contributed by atoms with Crippen molar-refractivity contribution in [3.8, 4) is 11.3 Å². The second-order valence-electron chi connectivity index (χ2n) is 4.49. The highest BCUT2D eigenvalue weighted by atomic mass is 15.3. The normalized spacial score (nSPS) is 11.1. The quantitative estimate of drug-likeness (QED) is 0.761. The summed E-state index contributed by atoms with van der Waals surface area (Å²) in [6.45, 7) is 4.84. The smallest absolute Gasteiger partial charge is 0.163 e. The minimum atomic E-state index is 0.472. The number of anilines is 1. The zero-order chi connectivity index (χ0) is 13.4. The fourth-order valence-corrected chi connectivity index (χ4v) is 2.16. The molecule has 0 saturated carbocycles. The zero-order valence-electron chi connectivity index (χ0n) is 11.0. The van der Waals surface area contributed by atoms with Crippen LogP contribution in [0.2, 0.25) is 0 Å². The molecule has 0 aliphatic heterocycles. The molecule has 5 heteroatoms. The van der Waals surface area contributed by atoms with Gasteiger partial charge in [0.2, 0.25) is 0 Å². The molecular formula is C14H15N5. The van der Waals surface area contributed by atoms with E-state index in [1.807, 2.05) is 23.7 Å². The average molecular weight is 253 g/mol. The van der Waals surface area contributed by atoms with Gasteiger partial charge in [-0.1, -0.05) is 29.8 Å². The van der Waals surface area contributed by atoms with Gasteiger partial charge in [-0.15, -0.1) is 0 Å². The maximum absolute atomic E-state index is 5.99. The van der Waals surface area contributed by atoms with Gasteiger partial charge in [0.1, 0.15) is 17.8 Å². The van der Waals surface area contributed by atoms with Crippen LogP contribution in [0, 0.1) is 6.92 Å². The Kier molecular flexibility index (Phi) is 2.67. The van der Waals surface area contributed by atoms with Gasteiger partial charge in [0.15, 0.2) is 5.65 Å². The number of aryl methyl sites for hydroxylation is 2. The number of nitrogen functional groups attached to an aromatic ring is 1. The number of aromatic nitrogens is 4. The van der Waals surface area contributed by atoms with Crippen LogP contribution in [0.15, 0.2) is 30.6 Å².